The predicted molar refractivity (Wildman–Crippen MR) is 133 cm³/mol. The lowest BCUT2D eigenvalue weighted by molar-refractivity contribution is 0.122. The van der Waals surface area contributed by atoms with Gasteiger partial charge in [0.05, 0.1) is 47.5 Å². The molecule has 0 aliphatic carbocycles. The van der Waals surface area contributed by atoms with Crippen LogP contribution in [0, 0.1) is 0 Å². The normalized spacial score (nSPS) is 20.5. The van der Waals surface area contributed by atoms with Crippen molar-refractivity contribution in [2.45, 2.75) is 36.5 Å². The van der Waals surface area contributed by atoms with Gasteiger partial charge >= 0.3 is 0 Å². The third kappa shape index (κ3) is 4.76. The Morgan fingerprint density at radius 1 is 1.09 bits per heavy atom. The molecule has 2 saturated heterocycles. The van der Waals surface area contributed by atoms with Gasteiger partial charge in [-0.2, -0.15) is 5.10 Å². The number of hydrogen-bond donors (Lipinski definition) is 1. The minimum absolute atomic E-state index is 0.155. The minimum atomic E-state index is -1.72. The molecule has 33 heavy (non-hydrogen) atoms. The molecule has 0 unspecified atom stereocenters. The van der Waals surface area contributed by atoms with Gasteiger partial charge in [-0.3, -0.25) is 9.58 Å². The van der Waals surface area contributed by atoms with E-state index in [1.165, 1.54) is 6.20 Å². The van der Waals surface area contributed by atoms with Gasteiger partial charge < -0.3 is 10.1 Å². The highest BCUT2D eigenvalue weighted by atomic mass is 35.5. The van der Waals surface area contributed by atoms with E-state index in [1.54, 1.807) is 6.20 Å². The fourth-order valence-electron chi connectivity index (χ4n) is 4.63. The summed E-state index contributed by atoms with van der Waals surface area (Å²) in [7, 11) is 17.0. The van der Waals surface area contributed by atoms with E-state index < -0.39 is 5.24 Å². The zero-order chi connectivity index (χ0) is 23.2. The number of nitrogens with one attached hydrogen (secondary N) is 1. The van der Waals surface area contributed by atoms with Crippen molar-refractivity contribution in [2.24, 2.45) is 0 Å². The van der Waals surface area contributed by atoms with Crippen LogP contribution < -0.4 is 5.32 Å². The average molecular weight is 477 g/mol. The van der Waals surface area contributed by atoms with Crippen LogP contribution in [0.25, 0.3) is 10.9 Å². The Hall–Kier alpha value is -1.74. The van der Waals surface area contributed by atoms with E-state index in [0.717, 1.165) is 71.7 Å². The lowest BCUT2D eigenvalue weighted by Crippen LogP contribution is -2.41. The maximum Gasteiger partial charge on any atom is 0.227 e. The van der Waals surface area contributed by atoms with Crippen molar-refractivity contribution in [2.75, 3.05) is 31.6 Å². The summed E-state index contributed by atoms with van der Waals surface area (Å²) in [5.74, 6) is 0.760. The first-order valence-electron chi connectivity index (χ1n) is 11.0. The van der Waals surface area contributed by atoms with Crippen molar-refractivity contribution < 1.29 is 4.74 Å². The Kier molecular flexibility index (Phi) is 6.38. The monoisotopic (exact) mass is 476 g/mol. The zero-order valence-corrected chi connectivity index (χ0v) is 19.6. The van der Waals surface area contributed by atoms with Crippen LogP contribution in [0.3, 0.4) is 0 Å². The Bertz CT molecular complexity index is 1160. The Balaban J connectivity index is 1.35. The molecule has 12 heteroatoms. The number of hydrogen-bond acceptors (Lipinski definition) is 6. The summed E-state index contributed by atoms with van der Waals surface area (Å²) in [6.45, 7) is 3.82. The number of fused-ring (bicyclic) bond motifs is 1. The van der Waals surface area contributed by atoms with Crippen molar-refractivity contribution in [3.8, 4) is 0 Å². The van der Waals surface area contributed by atoms with Crippen molar-refractivity contribution in [3.05, 3.63) is 40.3 Å². The summed E-state index contributed by atoms with van der Waals surface area (Å²) in [4.78, 5) is 11.6. The quantitative estimate of drug-likeness (QED) is 0.571. The number of ether oxygens (including phenoxy) is 1. The second-order valence-corrected chi connectivity index (χ2v) is 9.49. The molecule has 2 aromatic heterocycles. The van der Waals surface area contributed by atoms with Crippen molar-refractivity contribution in [1.82, 2.24) is 24.6 Å². The zero-order valence-electron chi connectivity index (χ0n) is 18.0. The number of benzene rings is 1. The number of halogens is 2. The van der Waals surface area contributed by atoms with E-state index in [0.29, 0.717) is 23.6 Å². The van der Waals surface area contributed by atoms with Crippen molar-refractivity contribution in [3.63, 3.8) is 0 Å². The first kappa shape index (κ1) is 23.0. The van der Waals surface area contributed by atoms with Gasteiger partial charge in [-0.1, -0.05) is 23.2 Å². The van der Waals surface area contributed by atoms with Gasteiger partial charge in [0.2, 0.25) is 5.95 Å². The molecule has 2 aliphatic heterocycles. The maximum atomic E-state index is 6.67. The van der Waals surface area contributed by atoms with Crippen LogP contribution in [0.15, 0.2) is 24.5 Å². The van der Waals surface area contributed by atoms with Gasteiger partial charge in [0.1, 0.15) is 5.15 Å². The second-order valence-electron chi connectivity index (χ2n) is 8.73. The van der Waals surface area contributed by atoms with Crippen LogP contribution in [0.1, 0.15) is 30.7 Å². The van der Waals surface area contributed by atoms with E-state index in [1.807, 2.05) is 6.07 Å². The number of aromatic nitrogens is 4. The third-order valence-electron chi connectivity index (χ3n) is 6.41. The highest BCUT2D eigenvalue weighted by Gasteiger charge is 2.29. The summed E-state index contributed by atoms with van der Waals surface area (Å²) in [5, 5.41) is 7.14. The summed E-state index contributed by atoms with van der Waals surface area (Å²) >= 11 is 13.0. The summed E-state index contributed by atoms with van der Waals surface area (Å²) < 4.78 is 6.66. The van der Waals surface area contributed by atoms with Gasteiger partial charge in [0.25, 0.3) is 0 Å². The highest BCUT2D eigenvalue weighted by Crippen LogP contribution is 2.36. The van der Waals surface area contributed by atoms with Crippen LogP contribution in [0.4, 0.5) is 11.6 Å². The second kappa shape index (κ2) is 9.14. The molecule has 0 bridgehead atoms. The third-order valence-corrected chi connectivity index (χ3v) is 7.10. The van der Waals surface area contributed by atoms with Crippen LogP contribution in [-0.2, 0) is 9.97 Å². The fraction of sp³-hybridized carbons (Fsp3) is 0.476. The molecule has 6 radical (unpaired) electrons. The van der Waals surface area contributed by atoms with E-state index in [-0.39, 0.29) is 5.15 Å². The lowest BCUT2D eigenvalue weighted by Gasteiger charge is -2.35. The molecule has 0 saturated carbocycles. The number of nitrogens with zero attached hydrogens (tertiary/aromatic N) is 5. The smallest absolute Gasteiger partial charge is 0.227 e. The maximum absolute atomic E-state index is 6.67. The highest BCUT2D eigenvalue weighted by molar-refractivity contribution is 6.57. The molecule has 7 nitrogen and oxygen atoms in total. The summed E-state index contributed by atoms with van der Waals surface area (Å²) in [6.07, 6.45) is 6.44. The number of likely N-dealkylation sites (tertiary alicyclic amines) is 1. The van der Waals surface area contributed by atoms with E-state index in [2.05, 4.69) is 31.3 Å². The van der Waals surface area contributed by atoms with Crippen LogP contribution in [0.2, 0.25) is 10.2 Å². The largest absolute Gasteiger partial charge is 0.380 e. The topological polar surface area (TPSA) is 68.1 Å². The van der Waals surface area contributed by atoms with Gasteiger partial charge in [-0.25, -0.2) is 9.97 Å². The van der Waals surface area contributed by atoms with Crippen LogP contribution in [-0.4, -0.2) is 80.5 Å². The standard InChI is InChI=1S/C21H21B3Cl2N6O/c22-21(23,24)32-19(26)18(10-28-32)30-20-27-9-13-7-16(25)15(8-17(13)29-20)12-1-4-31(5-2-12)14-3-6-33-11-14/h7-10,12,14H,1-6,11H2,(H,27,29,30)/t14-/m1/s1. The lowest BCUT2D eigenvalue weighted by atomic mass is 9.49. The Morgan fingerprint density at radius 2 is 1.88 bits per heavy atom. The molecular weight excluding hydrogens is 456 g/mol. The molecule has 2 aliphatic rings. The number of piperidine rings is 1. The molecule has 2 fully saturated rings. The Morgan fingerprint density at radius 3 is 2.55 bits per heavy atom. The van der Waals surface area contributed by atoms with Gasteiger partial charge in [0.15, 0.2) is 0 Å². The van der Waals surface area contributed by atoms with E-state index in [9.17, 15) is 0 Å². The van der Waals surface area contributed by atoms with E-state index in [4.69, 9.17) is 51.5 Å². The number of anilines is 2. The molecule has 3 aromatic rings. The molecule has 164 valence electrons. The molecule has 4 heterocycles. The first-order chi connectivity index (χ1) is 15.8. The molecule has 5 rings (SSSR count). The van der Waals surface area contributed by atoms with Crippen LogP contribution in [0.5, 0.6) is 0 Å². The fourth-order valence-corrected chi connectivity index (χ4v) is 5.25. The minimum Gasteiger partial charge on any atom is -0.380 e. The van der Waals surface area contributed by atoms with Gasteiger partial charge in [-0.15, -0.1) is 0 Å². The molecule has 0 amide bonds. The number of rotatable bonds is 5. The van der Waals surface area contributed by atoms with E-state index >= 15 is 0 Å². The molecule has 1 N–H and O–H groups in total. The van der Waals surface area contributed by atoms with Crippen molar-refractivity contribution in [1.29, 1.82) is 0 Å². The molecular formula is C21H21B3Cl2N6O. The predicted octanol–water partition coefficient (Wildman–Crippen LogP) is 2.92. The van der Waals surface area contributed by atoms with Crippen molar-refractivity contribution >= 4 is 69.3 Å². The summed E-state index contributed by atoms with van der Waals surface area (Å²) in [5.41, 5.74) is 2.37. The Labute approximate surface area is 206 Å². The van der Waals surface area contributed by atoms with Gasteiger partial charge in [0, 0.05) is 29.3 Å². The molecule has 1 atom stereocenters. The SMILES string of the molecule is [B]C([B])([B])n1ncc(Nc2ncc3cc(Cl)c(C4CCN([C@@H]5CCOC5)CC4)cc3n2)c1Cl. The first-order valence-corrected chi connectivity index (χ1v) is 11.7. The van der Waals surface area contributed by atoms with Crippen LogP contribution >= 0.6 is 23.2 Å². The molecule has 1 aromatic carbocycles. The summed E-state index contributed by atoms with van der Waals surface area (Å²) in [6, 6.07) is 4.56. The average Bonchev–Trinajstić information content (AvgIpc) is 3.44. The molecule has 0 spiro atoms. The van der Waals surface area contributed by atoms with Gasteiger partial charge in [-0.05, 0) is 61.2 Å².